The summed E-state index contributed by atoms with van der Waals surface area (Å²) in [5, 5.41) is 2.65. The Morgan fingerprint density at radius 3 is 2.90 bits per heavy atom. The number of thiazole rings is 1. The molecule has 0 unspecified atom stereocenters. The maximum absolute atomic E-state index is 13.0. The van der Waals surface area contributed by atoms with Crippen LogP contribution in [-0.4, -0.2) is 10.9 Å². The van der Waals surface area contributed by atoms with E-state index in [9.17, 15) is 9.18 Å². The highest BCUT2D eigenvalue weighted by Crippen LogP contribution is 2.22. The number of nitrogens with zero attached hydrogens (tertiary/aromatic N) is 1. The van der Waals surface area contributed by atoms with Crippen molar-refractivity contribution < 1.29 is 9.18 Å². The molecule has 0 aliphatic carbocycles. The molecule has 0 saturated heterocycles. The van der Waals surface area contributed by atoms with Gasteiger partial charge in [-0.25, -0.2) is 9.37 Å². The molecule has 1 heterocycles. The highest BCUT2D eigenvalue weighted by molar-refractivity contribution is 7.16. The van der Waals surface area contributed by atoms with Crippen LogP contribution in [0, 0.1) is 5.82 Å². The number of fused-ring (bicyclic) bond motifs is 1. The van der Waals surface area contributed by atoms with Gasteiger partial charge in [-0.05, 0) is 36.4 Å². The molecular formula is C14H8ClFN2OS. The lowest BCUT2D eigenvalue weighted by Gasteiger charge is -2.06. The van der Waals surface area contributed by atoms with Crippen LogP contribution in [0.15, 0.2) is 41.9 Å². The second-order valence-corrected chi connectivity index (χ2v) is 5.41. The summed E-state index contributed by atoms with van der Waals surface area (Å²) in [7, 11) is 0. The summed E-state index contributed by atoms with van der Waals surface area (Å²) in [5.41, 5.74) is 3.55. The van der Waals surface area contributed by atoms with Gasteiger partial charge in [-0.2, -0.15) is 0 Å². The molecule has 0 aliphatic rings. The summed E-state index contributed by atoms with van der Waals surface area (Å²) in [4.78, 5) is 16.3. The minimum atomic E-state index is -0.518. The maximum atomic E-state index is 13.0. The summed E-state index contributed by atoms with van der Waals surface area (Å²) in [6.07, 6.45) is 0. The molecule has 3 aromatic rings. The van der Waals surface area contributed by atoms with E-state index in [1.54, 1.807) is 23.7 Å². The first-order valence-corrected chi connectivity index (χ1v) is 6.99. The van der Waals surface area contributed by atoms with Crippen molar-refractivity contribution in [1.82, 2.24) is 4.98 Å². The minimum Gasteiger partial charge on any atom is -0.322 e. The van der Waals surface area contributed by atoms with E-state index in [0.717, 1.165) is 10.2 Å². The van der Waals surface area contributed by atoms with Crippen molar-refractivity contribution >= 4 is 44.7 Å². The molecule has 1 amide bonds. The monoisotopic (exact) mass is 306 g/mol. The van der Waals surface area contributed by atoms with Crippen molar-refractivity contribution in [2.75, 3.05) is 5.32 Å². The standard InChI is InChI=1S/C14H8ClFN2OS/c15-10-6-9(2-3-11(10)16)18-14(19)8-1-4-12-13(5-8)20-7-17-12/h1-7H,(H,18,19). The van der Waals surface area contributed by atoms with Crippen molar-refractivity contribution in [2.45, 2.75) is 0 Å². The van der Waals surface area contributed by atoms with Gasteiger partial charge in [0.05, 0.1) is 20.7 Å². The molecule has 0 spiro atoms. The van der Waals surface area contributed by atoms with Gasteiger partial charge in [-0.1, -0.05) is 11.6 Å². The van der Waals surface area contributed by atoms with E-state index in [0.29, 0.717) is 11.3 Å². The zero-order valence-electron chi connectivity index (χ0n) is 10.1. The van der Waals surface area contributed by atoms with Gasteiger partial charge in [-0.15, -0.1) is 11.3 Å². The Labute approximate surface area is 123 Å². The van der Waals surface area contributed by atoms with Crippen molar-refractivity contribution in [1.29, 1.82) is 0 Å². The fourth-order valence-electron chi connectivity index (χ4n) is 1.77. The predicted octanol–water partition coefficient (Wildman–Crippen LogP) is 4.34. The number of hydrogen-bond acceptors (Lipinski definition) is 3. The first-order valence-electron chi connectivity index (χ1n) is 5.73. The van der Waals surface area contributed by atoms with E-state index in [-0.39, 0.29) is 10.9 Å². The summed E-state index contributed by atoms with van der Waals surface area (Å²) in [5.74, 6) is -0.793. The van der Waals surface area contributed by atoms with E-state index in [1.165, 1.54) is 29.5 Å². The quantitative estimate of drug-likeness (QED) is 0.765. The highest BCUT2D eigenvalue weighted by atomic mass is 35.5. The molecule has 20 heavy (non-hydrogen) atoms. The Kier molecular flexibility index (Phi) is 3.38. The third-order valence-corrected chi connectivity index (χ3v) is 3.85. The van der Waals surface area contributed by atoms with Gasteiger partial charge >= 0.3 is 0 Å². The Hall–Kier alpha value is -1.98. The number of nitrogens with one attached hydrogen (secondary N) is 1. The van der Waals surface area contributed by atoms with Gasteiger partial charge in [0.15, 0.2) is 0 Å². The smallest absolute Gasteiger partial charge is 0.255 e. The molecule has 0 fully saturated rings. The molecule has 2 aromatic carbocycles. The lowest BCUT2D eigenvalue weighted by atomic mass is 10.2. The predicted molar refractivity (Wildman–Crippen MR) is 79.0 cm³/mol. The van der Waals surface area contributed by atoms with Gasteiger partial charge in [0, 0.05) is 11.3 Å². The van der Waals surface area contributed by atoms with Crippen molar-refractivity contribution in [2.24, 2.45) is 0 Å². The van der Waals surface area contributed by atoms with Crippen LogP contribution in [0.3, 0.4) is 0 Å². The average molecular weight is 307 g/mol. The Balaban J connectivity index is 1.86. The second kappa shape index (κ2) is 5.19. The largest absolute Gasteiger partial charge is 0.322 e. The number of hydrogen-bond donors (Lipinski definition) is 1. The lowest BCUT2D eigenvalue weighted by Crippen LogP contribution is -2.11. The topological polar surface area (TPSA) is 42.0 Å². The number of anilines is 1. The molecule has 0 saturated carbocycles. The van der Waals surface area contributed by atoms with Crippen LogP contribution >= 0.6 is 22.9 Å². The molecule has 3 nitrogen and oxygen atoms in total. The van der Waals surface area contributed by atoms with Crippen LogP contribution < -0.4 is 5.32 Å². The molecule has 1 aromatic heterocycles. The average Bonchev–Trinajstić information content (AvgIpc) is 2.90. The fourth-order valence-corrected chi connectivity index (χ4v) is 2.67. The minimum absolute atomic E-state index is 0.0271. The first kappa shape index (κ1) is 13.0. The van der Waals surface area contributed by atoms with E-state index in [1.807, 2.05) is 0 Å². The van der Waals surface area contributed by atoms with Gasteiger partial charge < -0.3 is 5.32 Å². The summed E-state index contributed by atoms with van der Waals surface area (Å²) >= 11 is 7.14. The van der Waals surface area contributed by atoms with Crippen LogP contribution in [0.25, 0.3) is 10.2 Å². The molecule has 0 aliphatic heterocycles. The molecule has 1 N–H and O–H groups in total. The van der Waals surface area contributed by atoms with Gasteiger partial charge in [0.1, 0.15) is 5.82 Å². The van der Waals surface area contributed by atoms with Crippen LogP contribution in [0.2, 0.25) is 5.02 Å². The van der Waals surface area contributed by atoms with Crippen molar-refractivity contribution in [3.63, 3.8) is 0 Å². The SMILES string of the molecule is O=C(Nc1ccc(F)c(Cl)c1)c1ccc2ncsc2c1. The highest BCUT2D eigenvalue weighted by Gasteiger charge is 2.09. The van der Waals surface area contributed by atoms with E-state index < -0.39 is 5.82 Å². The van der Waals surface area contributed by atoms with E-state index >= 15 is 0 Å². The molecule has 6 heteroatoms. The molecule has 100 valence electrons. The van der Waals surface area contributed by atoms with Crippen LogP contribution in [0.1, 0.15) is 10.4 Å². The van der Waals surface area contributed by atoms with E-state index in [4.69, 9.17) is 11.6 Å². The molecule has 3 rings (SSSR count). The van der Waals surface area contributed by atoms with E-state index in [2.05, 4.69) is 10.3 Å². The van der Waals surface area contributed by atoms with Crippen molar-refractivity contribution in [3.05, 3.63) is 58.3 Å². The van der Waals surface area contributed by atoms with Crippen molar-refractivity contribution in [3.8, 4) is 0 Å². The third-order valence-electron chi connectivity index (χ3n) is 2.77. The molecule has 0 atom stereocenters. The Morgan fingerprint density at radius 1 is 1.25 bits per heavy atom. The Morgan fingerprint density at radius 2 is 2.10 bits per heavy atom. The summed E-state index contributed by atoms with van der Waals surface area (Å²) < 4.78 is 14.0. The second-order valence-electron chi connectivity index (χ2n) is 4.12. The summed E-state index contributed by atoms with van der Waals surface area (Å²) in [6, 6.07) is 9.31. The van der Waals surface area contributed by atoms with Crippen LogP contribution in [-0.2, 0) is 0 Å². The van der Waals surface area contributed by atoms with Gasteiger partial charge in [0.2, 0.25) is 0 Å². The number of rotatable bonds is 2. The normalized spacial score (nSPS) is 10.7. The number of aromatic nitrogens is 1. The first-order chi connectivity index (χ1) is 9.63. The number of carbonyl (C=O) groups excluding carboxylic acids is 1. The summed E-state index contributed by atoms with van der Waals surface area (Å²) in [6.45, 7) is 0. The molecule has 0 bridgehead atoms. The maximum Gasteiger partial charge on any atom is 0.255 e. The van der Waals surface area contributed by atoms with Crippen LogP contribution in [0.4, 0.5) is 10.1 Å². The number of carbonyl (C=O) groups is 1. The Bertz CT molecular complexity index is 803. The zero-order valence-corrected chi connectivity index (χ0v) is 11.6. The zero-order chi connectivity index (χ0) is 14.1. The number of benzene rings is 2. The number of amides is 1. The molecule has 0 radical (unpaired) electrons. The number of halogens is 2. The lowest BCUT2D eigenvalue weighted by molar-refractivity contribution is 0.102. The third kappa shape index (κ3) is 2.50. The van der Waals surface area contributed by atoms with Crippen LogP contribution in [0.5, 0.6) is 0 Å². The van der Waals surface area contributed by atoms with Gasteiger partial charge in [0.25, 0.3) is 5.91 Å². The fraction of sp³-hybridized carbons (Fsp3) is 0. The van der Waals surface area contributed by atoms with Gasteiger partial charge in [-0.3, -0.25) is 4.79 Å². The molecular weight excluding hydrogens is 299 g/mol.